The van der Waals surface area contributed by atoms with Gasteiger partial charge in [-0.05, 0) is 123 Å². The molecule has 0 spiro atoms. The maximum absolute atomic E-state index is 14.3. The maximum atomic E-state index is 14.3. The monoisotopic (exact) mass is 790 g/mol. The Balaban J connectivity index is 1.28. The van der Waals surface area contributed by atoms with Gasteiger partial charge in [-0.3, -0.25) is 29.1 Å². The minimum Gasteiger partial charge on any atom is -0.481 e. The molecule has 5 aliphatic carbocycles. The molecule has 1 amide bonds. The second-order valence-electron chi connectivity index (χ2n) is 21.1. The van der Waals surface area contributed by atoms with Crippen LogP contribution in [-0.4, -0.2) is 75.6 Å². The summed E-state index contributed by atoms with van der Waals surface area (Å²) in [5, 5.41) is 25.2. The molecule has 5 aliphatic rings. The number of nitrogens with one attached hydrogen (secondary N) is 1. The minimum absolute atomic E-state index is 0.00743. The van der Waals surface area contributed by atoms with Crippen molar-refractivity contribution in [3.05, 3.63) is 41.2 Å². The van der Waals surface area contributed by atoms with Crippen LogP contribution in [0.15, 0.2) is 35.5 Å². The van der Waals surface area contributed by atoms with Crippen LogP contribution in [0, 0.1) is 56.2 Å². The van der Waals surface area contributed by atoms with Crippen LogP contribution in [0.4, 0.5) is 0 Å². The first-order valence-electron chi connectivity index (χ1n) is 21.8. The standard InChI is InChI=1S/C47H71N3O7/c1-29(2)39-33(52)25-47(36(53)28-50(24-23-48-30(3)51)27-31-13-11-12-22-49-31)21-20-45(9)32(40(39)47)14-15-35-44(8)18-17-37(57-38(54)26-42(4,5)41(55)56)43(6,7)34(44)16-19-46(35,45)10/h11-13,22,29,32,34-37,53H,14-21,23-28H2,1-10H3,(H,48,51)(H,55,56)/t32-,34+,35-,36?,37+,44+,45-,46-,47?/m1/s1. The van der Waals surface area contributed by atoms with Crippen molar-refractivity contribution in [2.24, 2.45) is 56.2 Å². The van der Waals surface area contributed by atoms with E-state index in [1.165, 1.54) is 12.5 Å². The molecule has 1 aromatic rings. The Morgan fingerprint density at radius 3 is 2.33 bits per heavy atom. The zero-order valence-corrected chi connectivity index (χ0v) is 36.5. The van der Waals surface area contributed by atoms with Gasteiger partial charge in [0, 0.05) is 56.6 Å². The van der Waals surface area contributed by atoms with Crippen LogP contribution in [-0.2, 0) is 30.5 Å². The summed E-state index contributed by atoms with van der Waals surface area (Å²) in [5.74, 6) is -0.277. The lowest BCUT2D eigenvalue weighted by molar-refractivity contribution is -0.235. The number of aliphatic hydroxyl groups excluding tert-OH is 1. The lowest BCUT2D eigenvalue weighted by Gasteiger charge is -2.72. The average Bonchev–Trinajstić information content (AvgIpc) is 3.43. The molecule has 1 aromatic heterocycles. The highest BCUT2D eigenvalue weighted by atomic mass is 16.5. The highest BCUT2D eigenvalue weighted by Crippen LogP contribution is 2.77. The third-order valence-corrected chi connectivity index (χ3v) is 16.8. The van der Waals surface area contributed by atoms with Crippen LogP contribution >= 0.6 is 0 Å². The fourth-order valence-electron chi connectivity index (χ4n) is 13.7. The number of ether oxygens (including phenoxy) is 1. The van der Waals surface area contributed by atoms with Gasteiger partial charge >= 0.3 is 11.9 Å². The number of hydrogen-bond donors (Lipinski definition) is 3. The zero-order chi connectivity index (χ0) is 41.9. The Labute approximate surface area is 341 Å². The second-order valence-corrected chi connectivity index (χ2v) is 21.1. The molecule has 316 valence electrons. The highest BCUT2D eigenvalue weighted by Gasteiger charge is 2.71. The third-order valence-electron chi connectivity index (χ3n) is 16.8. The van der Waals surface area contributed by atoms with Gasteiger partial charge in [-0.2, -0.15) is 0 Å². The van der Waals surface area contributed by atoms with Crippen LogP contribution in [0.2, 0.25) is 0 Å². The van der Waals surface area contributed by atoms with Gasteiger partial charge in [-0.15, -0.1) is 0 Å². The molecule has 57 heavy (non-hydrogen) atoms. The maximum Gasteiger partial charge on any atom is 0.309 e. The number of ketones is 1. The van der Waals surface area contributed by atoms with E-state index in [1.807, 2.05) is 18.2 Å². The number of fused-ring (bicyclic) bond motifs is 7. The van der Waals surface area contributed by atoms with Gasteiger partial charge in [-0.25, -0.2) is 0 Å². The Hall–Kier alpha value is -3.11. The Kier molecular flexibility index (Phi) is 11.8. The summed E-state index contributed by atoms with van der Waals surface area (Å²) in [6, 6.07) is 5.85. The fourth-order valence-corrected chi connectivity index (χ4v) is 13.7. The highest BCUT2D eigenvalue weighted by molar-refractivity contribution is 6.00. The number of aliphatic hydroxyl groups is 1. The Morgan fingerprint density at radius 1 is 0.982 bits per heavy atom. The number of rotatable bonds is 13. The van der Waals surface area contributed by atoms with E-state index in [0.29, 0.717) is 44.4 Å². The SMILES string of the molecule is CC(=O)NCCN(Cc1ccccn1)CC(O)C12CC[C@]3(C)[C@H](CC[C@@H]4[C@@]5(C)CC[C@H](OC(=O)CC(C)(C)C(=O)O)C(C)(C)[C@@H]5CC[C@]43C)C1=C(C(C)C)C(=O)C2. The number of Topliss-reactive ketones (excluding diaryl/α,β-unsaturated/α-hetero) is 1. The van der Waals surface area contributed by atoms with Crippen molar-refractivity contribution in [1.82, 2.24) is 15.2 Å². The largest absolute Gasteiger partial charge is 0.481 e. The molecule has 10 nitrogen and oxygen atoms in total. The number of aliphatic carboxylic acids is 1. The molecule has 6 rings (SSSR count). The van der Waals surface area contributed by atoms with E-state index in [-0.39, 0.29) is 57.7 Å². The minimum atomic E-state index is -1.18. The van der Waals surface area contributed by atoms with E-state index < -0.39 is 28.9 Å². The van der Waals surface area contributed by atoms with Crippen molar-refractivity contribution in [3.63, 3.8) is 0 Å². The molecule has 0 radical (unpaired) electrons. The number of hydrogen-bond acceptors (Lipinski definition) is 8. The number of allylic oxidation sites excluding steroid dienone is 1. The van der Waals surface area contributed by atoms with E-state index in [0.717, 1.165) is 62.6 Å². The molecule has 3 N–H and O–H groups in total. The zero-order valence-electron chi connectivity index (χ0n) is 36.5. The molecule has 0 aliphatic heterocycles. The first-order valence-corrected chi connectivity index (χ1v) is 21.8. The van der Waals surface area contributed by atoms with Crippen molar-refractivity contribution in [3.8, 4) is 0 Å². The number of pyridine rings is 1. The van der Waals surface area contributed by atoms with E-state index >= 15 is 0 Å². The number of nitrogens with zero attached hydrogens (tertiary/aromatic N) is 2. The van der Waals surface area contributed by atoms with Crippen molar-refractivity contribution in [2.75, 3.05) is 19.6 Å². The molecule has 0 aromatic carbocycles. The number of carbonyl (C=O) groups is 4. The summed E-state index contributed by atoms with van der Waals surface area (Å²) in [4.78, 5) is 57.8. The first kappa shape index (κ1) is 43.5. The van der Waals surface area contributed by atoms with Crippen molar-refractivity contribution in [1.29, 1.82) is 0 Å². The molecule has 10 heteroatoms. The molecule has 4 saturated carbocycles. The van der Waals surface area contributed by atoms with Gasteiger partial charge in [0.05, 0.1) is 23.6 Å². The van der Waals surface area contributed by atoms with Gasteiger partial charge in [-0.1, -0.05) is 60.1 Å². The van der Waals surface area contributed by atoms with Crippen molar-refractivity contribution in [2.45, 2.75) is 152 Å². The van der Waals surface area contributed by atoms with Gasteiger partial charge < -0.3 is 20.3 Å². The summed E-state index contributed by atoms with van der Waals surface area (Å²) in [6.07, 6.45) is 8.49. The van der Waals surface area contributed by atoms with E-state index in [2.05, 4.69) is 63.7 Å². The molecule has 9 atom stereocenters. The van der Waals surface area contributed by atoms with Crippen LogP contribution in [0.25, 0.3) is 0 Å². The topological polar surface area (TPSA) is 146 Å². The number of esters is 1. The van der Waals surface area contributed by atoms with Crippen LogP contribution < -0.4 is 5.32 Å². The third kappa shape index (κ3) is 7.42. The number of carboxylic acid groups (broad SMARTS) is 1. The van der Waals surface area contributed by atoms with E-state index in [9.17, 15) is 29.4 Å². The molecule has 2 unspecified atom stereocenters. The summed E-state index contributed by atoms with van der Waals surface area (Å²) < 4.78 is 6.18. The van der Waals surface area contributed by atoms with Crippen molar-refractivity contribution >= 4 is 23.6 Å². The van der Waals surface area contributed by atoms with Gasteiger partial charge in [0.25, 0.3) is 0 Å². The van der Waals surface area contributed by atoms with Gasteiger partial charge in [0.1, 0.15) is 6.10 Å². The first-order chi connectivity index (χ1) is 26.5. The molecular weight excluding hydrogens is 719 g/mol. The van der Waals surface area contributed by atoms with E-state index in [1.54, 1.807) is 20.0 Å². The predicted molar refractivity (Wildman–Crippen MR) is 220 cm³/mol. The van der Waals surface area contributed by atoms with Crippen LogP contribution in [0.5, 0.6) is 0 Å². The van der Waals surface area contributed by atoms with Crippen molar-refractivity contribution < 1.29 is 34.1 Å². The van der Waals surface area contributed by atoms with Gasteiger partial charge in [0.15, 0.2) is 5.78 Å². The summed E-state index contributed by atoms with van der Waals surface area (Å²) >= 11 is 0. The average molecular weight is 790 g/mol. The smallest absolute Gasteiger partial charge is 0.309 e. The number of aromatic nitrogens is 1. The molecule has 1 heterocycles. The number of carbonyl (C=O) groups excluding carboxylic acids is 3. The Morgan fingerprint density at radius 2 is 1.70 bits per heavy atom. The van der Waals surface area contributed by atoms with E-state index in [4.69, 9.17) is 4.74 Å². The lowest BCUT2D eigenvalue weighted by atomic mass is 9.33. The number of amides is 1. The quantitative estimate of drug-likeness (QED) is 0.171. The lowest BCUT2D eigenvalue weighted by Crippen LogP contribution is -2.66. The molecule has 4 fully saturated rings. The number of carboxylic acids is 1. The molecule has 0 saturated heterocycles. The fraction of sp³-hybridized carbons (Fsp3) is 0.766. The molecular formula is C47H71N3O7. The molecule has 0 bridgehead atoms. The normalized spacial score (nSPS) is 35.2. The summed E-state index contributed by atoms with van der Waals surface area (Å²) in [5.41, 5.74) is 0.994. The van der Waals surface area contributed by atoms with Crippen LogP contribution in [0.1, 0.15) is 139 Å². The predicted octanol–water partition coefficient (Wildman–Crippen LogP) is 7.77. The van der Waals surface area contributed by atoms with Crippen LogP contribution in [0.3, 0.4) is 0 Å². The Bertz CT molecular complexity index is 1760. The van der Waals surface area contributed by atoms with Gasteiger partial charge in [0.2, 0.25) is 5.91 Å². The summed E-state index contributed by atoms with van der Waals surface area (Å²) in [7, 11) is 0. The second kappa shape index (κ2) is 15.5. The summed E-state index contributed by atoms with van der Waals surface area (Å²) in [6.45, 7) is 23.0.